The van der Waals surface area contributed by atoms with E-state index in [1.54, 1.807) is 31.2 Å². The molecule has 0 aliphatic rings. The molecule has 208 valence electrons. The second-order valence-corrected chi connectivity index (χ2v) is 11.6. The first kappa shape index (κ1) is 30.0. The Morgan fingerprint density at radius 2 is 1.64 bits per heavy atom. The summed E-state index contributed by atoms with van der Waals surface area (Å²) in [5, 5.41) is 2.57. The molecule has 0 heterocycles. The highest BCUT2D eigenvalue weighted by molar-refractivity contribution is 9.10. The van der Waals surface area contributed by atoms with Crippen LogP contribution < -0.4 is 19.1 Å². The quantitative estimate of drug-likeness (QED) is 0.347. The van der Waals surface area contributed by atoms with Gasteiger partial charge in [0.15, 0.2) is 11.5 Å². The number of likely N-dealkylation sites (N-methyl/N-ethyl adjacent to an activating group) is 1. The van der Waals surface area contributed by atoms with Gasteiger partial charge in [0.1, 0.15) is 12.6 Å². The molecule has 0 saturated heterocycles. The molecule has 0 radical (unpaired) electrons. The van der Waals surface area contributed by atoms with Gasteiger partial charge in [0.25, 0.3) is 10.0 Å². The van der Waals surface area contributed by atoms with Gasteiger partial charge in [0.05, 0.1) is 24.8 Å². The van der Waals surface area contributed by atoms with Gasteiger partial charge >= 0.3 is 0 Å². The molecular formula is C28H32BrN3O6S. The van der Waals surface area contributed by atoms with Crippen molar-refractivity contribution in [1.82, 2.24) is 10.2 Å². The van der Waals surface area contributed by atoms with Gasteiger partial charge in [-0.3, -0.25) is 13.9 Å². The molecule has 3 aromatic carbocycles. The van der Waals surface area contributed by atoms with Gasteiger partial charge in [-0.15, -0.1) is 0 Å². The number of anilines is 1. The Hall–Kier alpha value is -3.57. The highest BCUT2D eigenvalue weighted by atomic mass is 79.9. The van der Waals surface area contributed by atoms with Crippen LogP contribution in [0, 0.1) is 6.92 Å². The van der Waals surface area contributed by atoms with E-state index < -0.39 is 28.5 Å². The normalized spacial score (nSPS) is 11.8. The van der Waals surface area contributed by atoms with Gasteiger partial charge in [0.2, 0.25) is 11.8 Å². The number of ether oxygens (including phenoxy) is 2. The summed E-state index contributed by atoms with van der Waals surface area (Å²) >= 11 is 3.43. The fourth-order valence-corrected chi connectivity index (χ4v) is 5.84. The molecule has 2 amide bonds. The van der Waals surface area contributed by atoms with Crippen LogP contribution in [0.15, 0.2) is 76.1 Å². The number of sulfonamides is 1. The Bertz CT molecular complexity index is 1430. The van der Waals surface area contributed by atoms with Crippen molar-refractivity contribution in [1.29, 1.82) is 0 Å². The van der Waals surface area contributed by atoms with Crippen molar-refractivity contribution < 1.29 is 27.5 Å². The number of aryl methyl sites for hydroxylation is 1. The van der Waals surface area contributed by atoms with Crippen LogP contribution in [0.5, 0.6) is 11.5 Å². The second-order valence-electron chi connectivity index (χ2n) is 8.81. The van der Waals surface area contributed by atoms with E-state index in [4.69, 9.17) is 9.47 Å². The number of hydrogen-bond donors (Lipinski definition) is 1. The largest absolute Gasteiger partial charge is 0.493 e. The third-order valence-corrected chi connectivity index (χ3v) is 8.46. The number of nitrogens with one attached hydrogen (secondary N) is 1. The summed E-state index contributed by atoms with van der Waals surface area (Å²) in [4.78, 5) is 27.7. The van der Waals surface area contributed by atoms with Crippen molar-refractivity contribution in [3.05, 3.63) is 82.3 Å². The van der Waals surface area contributed by atoms with E-state index in [1.807, 2.05) is 31.2 Å². The number of halogens is 1. The molecule has 1 atom stereocenters. The molecule has 0 spiro atoms. The fraction of sp³-hybridized carbons (Fsp3) is 0.286. The number of benzene rings is 3. The van der Waals surface area contributed by atoms with Crippen LogP contribution in [0.3, 0.4) is 0 Å². The lowest BCUT2D eigenvalue weighted by molar-refractivity contribution is -0.139. The molecule has 1 N–H and O–H groups in total. The Labute approximate surface area is 237 Å². The number of amides is 2. The van der Waals surface area contributed by atoms with Crippen LogP contribution in [-0.2, 0) is 26.2 Å². The molecule has 39 heavy (non-hydrogen) atoms. The van der Waals surface area contributed by atoms with Crippen molar-refractivity contribution >= 4 is 43.5 Å². The van der Waals surface area contributed by atoms with Gasteiger partial charge < -0.3 is 19.7 Å². The minimum Gasteiger partial charge on any atom is -0.493 e. The number of methoxy groups -OCH3 is 2. The van der Waals surface area contributed by atoms with E-state index in [0.29, 0.717) is 11.4 Å². The molecule has 0 unspecified atom stereocenters. The topological polar surface area (TPSA) is 105 Å². The van der Waals surface area contributed by atoms with Crippen molar-refractivity contribution in [3.8, 4) is 11.5 Å². The van der Waals surface area contributed by atoms with Gasteiger partial charge in [-0.1, -0.05) is 45.8 Å². The second kappa shape index (κ2) is 13.0. The molecule has 3 aromatic rings. The smallest absolute Gasteiger partial charge is 0.264 e. The number of rotatable bonds is 11. The Morgan fingerprint density at radius 1 is 0.974 bits per heavy atom. The minimum atomic E-state index is -4.24. The molecule has 0 saturated carbocycles. The Morgan fingerprint density at radius 3 is 2.23 bits per heavy atom. The van der Waals surface area contributed by atoms with Gasteiger partial charge in [-0.25, -0.2) is 8.42 Å². The van der Waals surface area contributed by atoms with Gasteiger partial charge in [-0.2, -0.15) is 0 Å². The molecular weight excluding hydrogens is 586 g/mol. The molecule has 0 aliphatic heterocycles. The molecule has 0 aromatic heterocycles. The first-order valence-corrected chi connectivity index (χ1v) is 14.3. The van der Waals surface area contributed by atoms with E-state index in [9.17, 15) is 18.0 Å². The van der Waals surface area contributed by atoms with Crippen molar-refractivity contribution in [2.45, 2.75) is 31.3 Å². The maximum absolute atomic E-state index is 14.0. The minimum absolute atomic E-state index is 0.0774. The lowest BCUT2D eigenvalue weighted by Crippen LogP contribution is -2.50. The van der Waals surface area contributed by atoms with E-state index in [2.05, 4.69) is 21.2 Å². The van der Waals surface area contributed by atoms with Crippen molar-refractivity contribution in [2.75, 3.05) is 32.1 Å². The average molecular weight is 619 g/mol. The van der Waals surface area contributed by atoms with E-state index >= 15 is 0 Å². The van der Waals surface area contributed by atoms with Crippen LogP contribution in [0.4, 0.5) is 5.69 Å². The van der Waals surface area contributed by atoms with Crippen LogP contribution in [0.2, 0.25) is 0 Å². The fourth-order valence-electron chi connectivity index (χ4n) is 3.97. The molecule has 0 bridgehead atoms. The lowest BCUT2D eigenvalue weighted by Gasteiger charge is -2.32. The van der Waals surface area contributed by atoms with Crippen molar-refractivity contribution in [2.24, 2.45) is 0 Å². The highest BCUT2D eigenvalue weighted by Crippen LogP contribution is 2.32. The third-order valence-electron chi connectivity index (χ3n) is 6.20. The SMILES string of the molecule is CNC(=O)[C@@H](C)N(Cc1cccc(Br)c1)C(=O)CN(c1ccc(C)cc1)S(=O)(=O)c1ccc(OC)c(OC)c1. The first-order valence-electron chi connectivity index (χ1n) is 12.1. The van der Waals surface area contributed by atoms with Gasteiger partial charge in [-0.05, 0) is 55.8 Å². The summed E-state index contributed by atoms with van der Waals surface area (Å²) < 4.78 is 40.4. The molecule has 9 nitrogen and oxygen atoms in total. The molecule has 11 heteroatoms. The molecule has 0 fully saturated rings. The van der Waals surface area contributed by atoms with E-state index in [1.165, 1.54) is 44.4 Å². The number of carbonyl (C=O) groups is 2. The predicted molar refractivity (Wildman–Crippen MR) is 153 cm³/mol. The standard InChI is InChI=1S/C28H32BrN3O6S/c1-19-9-11-23(12-10-19)32(39(35,36)24-13-14-25(37-4)26(16-24)38-5)18-27(33)31(20(2)28(34)30-3)17-21-7-6-8-22(29)15-21/h6-16,20H,17-18H2,1-5H3,(H,30,34)/t20-/m1/s1. The van der Waals surface area contributed by atoms with Crippen LogP contribution in [0.25, 0.3) is 0 Å². The van der Waals surface area contributed by atoms with E-state index in [0.717, 1.165) is 19.9 Å². The number of hydrogen-bond acceptors (Lipinski definition) is 6. The van der Waals surface area contributed by atoms with Crippen LogP contribution >= 0.6 is 15.9 Å². The van der Waals surface area contributed by atoms with Crippen molar-refractivity contribution in [3.63, 3.8) is 0 Å². The van der Waals surface area contributed by atoms with Crippen LogP contribution in [-0.4, -0.2) is 59.0 Å². The zero-order valence-electron chi connectivity index (χ0n) is 22.5. The maximum Gasteiger partial charge on any atom is 0.264 e. The summed E-state index contributed by atoms with van der Waals surface area (Å²) in [5.74, 6) is -0.314. The molecule has 0 aliphatic carbocycles. The number of nitrogens with zero attached hydrogens (tertiary/aromatic N) is 2. The summed E-state index contributed by atoms with van der Waals surface area (Å²) in [6.07, 6.45) is 0. The summed E-state index contributed by atoms with van der Waals surface area (Å²) in [5.41, 5.74) is 2.01. The Balaban J connectivity index is 2.07. The van der Waals surface area contributed by atoms with Crippen LogP contribution in [0.1, 0.15) is 18.1 Å². The monoisotopic (exact) mass is 617 g/mol. The summed E-state index contributed by atoms with van der Waals surface area (Å²) in [6.45, 7) is 3.06. The first-order chi connectivity index (χ1) is 18.5. The molecule has 3 rings (SSSR count). The predicted octanol–water partition coefficient (Wildman–Crippen LogP) is 4.13. The lowest BCUT2D eigenvalue weighted by atomic mass is 10.1. The zero-order valence-corrected chi connectivity index (χ0v) is 24.9. The Kier molecular flexibility index (Phi) is 9.98. The summed E-state index contributed by atoms with van der Waals surface area (Å²) in [7, 11) is 0.112. The van der Waals surface area contributed by atoms with Gasteiger partial charge in [0, 0.05) is 24.1 Å². The third kappa shape index (κ3) is 7.10. The zero-order chi connectivity index (χ0) is 28.7. The summed E-state index contributed by atoms with van der Waals surface area (Å²) in [6, 6.07) is 17.6. The van der Waals surface area contributed by atoms with E-state index in [-0.39, 0.29) is 23.1 Å². The number of carbonyl (C=O) groups excluding carboxylic acids is 2. The maximum atomic E-state index is 14.0. The highest BCUT2D eigenvalue weighted by Gasteiger charge is 2.32. The average Bonchev–Trinajstić information content (AvgIpc) is 2.93.